The van der Waals surface area contributed by atoms with Crippen LogP contribution in [0.3, 0.4) is 0 Å². The number of hydrazone groups is 1. The molecule has 2 aromatic rings. The first-order valence-electron chi connectivity index (χ1n) is 4.92. The molecule has 0 saturated heterocycles. The third kappa shape index (κ3) is 2.15. The van der Waals surface area contributed by atoms with Crippen molar-refractivity contribution in [3.05, 3.63) is 41.3 Å². The minimum absolute atomic E-state index is 0.116. The Labute approximate surface area is 97.3 Å². The van der Waals surface area contributed by atoms with Gasteiger partial charge in [0, 0.05) is 5.39 Å². The first-order chi connectivity index (χ1) is 8.22. The van der Waals surface area contributed by atoms with E-state index in [-0.39, 0.29) is 11.6 Å². The lowest BCUT2D eigenvalue weighted by Gasteiger charge is -2.07. The van der Waals surface area contributed by atoms with E-state index in [0.29, 0.717) is 5.69 Å². The molecule has 0 saturated carbocycles. The topological polar surface area (TPSA) is 106 Å². The van der Waals surface area contributed by atoms with E-state index >= 15 is 0 Å². The molecule has 6 heteroatoms. The third-order valence-corrected chi connectivity index (χ3v) is 2.30. The maximum atomic E-state index is 10.7. The highest BCUT2D eigenvalue weighted by atomic mass is 16.3. The highest BCUT2D eigenvalue weighted by molar-refractivity contribution is 5.99. The quantitative estimate of drug-likeness (QED) is 0.323. The van der Waals surface area contributed by atoms with Crippen molar-refractivity contribution in [1.29, 1.82) is 0 Å². The van der Waals surface area contributed by atoms with E-state index in [1.807, 2.05) is 30.3 Å². The van der Waals surface area contributed by atoms with Crippen molar-refractivity contribution in [3.63, 3.8) is 0 Å². The van der Waals surface area contributed by atoms with Crippen LogP contribution in [0.25, 0.3) is 10.8 Å². The summed E-state index contributed by atoms with van der Waals surface area (Å²) in [5.41, 5.74) is 13.9. The summed E-state index contributed by atoms with van der Waals surface area (Å²) < 4.78 is 0. The van der Waals surface area contributed by atoms with Crippen molar-refractivity contribution in [1.82, 2.24) is 0 Å². The van der Waals surface area contributed by atoms with E-state index < -0.39 is 0 Å². The number of nitrogens with two attached hydrogens (primary N) is 2. The number of hydrogen-bond acceptors (Lipinski definition) is 4. The Balaban J connectivity index is 2.62. The summed E-state index contributed by atoms with van der Waals surface area (Å²) in [6.07, 6.45) is 0. The highest BCUT2D eigenvalue weighted by Gasteiger charge is 2.07. The molecule has 0 spiro atoms. The molecule has 17 heavy (non-hydrogen) atoms. The normalized spacial score (nSPS) is 9.88. The predicted molar refractivity (Wildman–Crippen MR) is 68.8 cm³/mol. The highest BCUT2D eigenvalue weighted by Crippen LogP contribution is 2.33. The van der Waals surface area contributed by atoms with Crippen LogP contribution in [-0.2, 0) is 0 Å². The van der Waals surface area contributed by atoms with Gasteiger partial charge in [0.05, 0.1) is 5.69 Å². The molecule has 0 bridgehead atoms. The second-order valence-electron chi connectivity index (χ2n) is 3.42. The summed E-state index contributed by atoms with van der Waals surface area (Å²) >= 11 is 0. The van der Waals surface area contributed by atoms with Crippen LogP contribution in [0.15, 0.2) is 46.7 Å². The molecular formula is C11H11N5O. The van der Waals surface area contributed by atoms with Gasteiger partial charge in [0.1, 0.15) is 5.69 Å². The number of nitrogens with zero attached hydrogens (tertiary/aromatic N) is 2. The Hall–Kier alpha value is -2.63. The zero-order valence-corrected chi connectivity index (χ0v) is 8.92. The molecule has 0 aliphatic carbocycles. The van der Waals surface area contributed by atoms with Crippen LogP contribution in [-0.4, -0.2) is 5.96 Å². The zero-order valence-electron chi connectivity index (χ0n) is 8.92. The molecule has 2 rings (SSSR count). The fourth-order valence-corrected chi connectivity index (χ4v) is 1.57. The van der Waals surface area contributed by atoms with E-state index in [4.69, 9.17) is 11.5 Å². The van der Waals surface area contributed by atoms with Gasteiger partial charge in [0.25, 0.3) is 0 Å². The summed E-state index contributed by atoms with van der Waals surface area (Å²) in [7, 11) is 0. The van der Waals surface area contributed by atoms with E-state index in [0.717, 1.165) is 10.8 Å². The van der Waals surface area contributed by atoms with Crippen molar-refractivity contribution < 1.29 is 0 Å². The molecule has 0 aromatic heterocycles. The zero-order chi connectivity index (χ0) is 12.3. The van der Waals surface area contributed by atoms with Crippen LogP contribution in [0.1, 0.15) is 0 Å². The van der Waals surface area contributed by atoms with Crippen molar-refractivity contribution >= 4 is 28.1 Å². The Bertz CT molecular complexity index is 589. The summed E-state index contributed by atoms with van der Waals surface area (Å²) in [5, 5.41) is 8.41. The summed E-state index contributed by atoms with van der Waals surface area (Å²) in [5.74, 6) is -0.116. The van der Waals surface area contributed by atoms with E-state index in [1.165, 1.54) is 0 Å². The van der Waals surface area contributed by atoms with Crippen molar-refractivity contribution in [3.8, 4) is 0 Å². The molecule has 0 heterocycles. The molecule has 0 unspecified atom stereocenters. The van der Waals surface area contributed by atoms with Crippen LogP contribution >= 0.6 is 0 Å². The van der Waals surface area contributed by atoms with Crippen LogP contribution in [0.5, 0.6) is 0 Å². The number of rotatable bonds is 3. The minimum Gasteiger partial charge on any atom is -0.369 e. The van der Waals surface area contributed by atoms with Crippen molar-refractivity contribution in [2.24, 2.45) is 21.7 Å². The van der Waals surface area contributed by atoms with Gasteiger partial charge in [-0.15, -0.1) is 10.0 Å². The number of nitroso groups, excluding NO2 is 1. The van der Waals surface area contributed by atoms with Gasteiger partial charge in [-0.3, -0.25) is 5.43 Å². The molecule has 0 aliphatic heterocycles. The second-order valence-corrected chi connectivity index (χ2v) is 3.42. The van der Waals surface area contributed by atoms with E-state index in [2.05, 4.69) is 15.7 Å². The Kier molecular flexibility index (Phi) is 2.87. The Morgan fingerprint density at radius 3 is 2.59 bits per heavy atom. The number of guanidine groups is 1. The molecule has 0 aliphatic rings. The molecule has 0 amide bonds. The lowest BCUT2D eigenvalue weighted by molar-refractivity contribution is 1.29. The van der Waals surface area contributed by atoms with Crippen LogP contribution < -0.4 is 16.9 Å². The average Bonchev–Trinajstić information content (AvgIpc) is 2.35. The average molecular weight is 229 g/mol. The van der Waals surface area contributed by atoms with Gasteiger partial charge in [-0.2, -0.15) is 0 Å². The summed E-state index contributed by atoms with van der Waals surface area (Å²) in [6, 6.07) is 11.0. The van der Waals surface area contributed by atoms with E-state index in [9.17, 15) is 4.91 Å². The van der Waals surface area contributed by atoms with Gasteiger partial charge in [-0.25, -0.2) is 0 Å². The SMILES string of the molecule is NC(N)=NNc1c(N=O)ccc2ccccc12. The standard InChI is InChI=1S/C11H11N5O/c12-11(13)15-14-10-8-4-2-1-3-7(8)5-6-9(10)16-17/h1-6,14H,(H4,12,13,15). The Morgan fingerprint density at radius 2 is 1.88 bits per heavy atom. The number of anilines is 1. The molecule has 6 nitrogen and oxygen atoms in total. The monoisotopic (exact) mass is 229 g/mol. The number of hydrogen-bond donors (Lipinski definition) is 3. The lowest BCUT2D eigenvalue weighted by atomic mass is 10.1. The third-order valence-electron chi connectivity index (χ3n) is 2.30. The lowest BCUT2D eigenvalue weighted by Crippen LogP contribution is -2.23. The van der Waals surface area contributed by atoms with Crippen molar-refractivity contribution in [2.45, 2.75) is 0 Å². The Morgan fingerprint density at radius 1 is 1.12 bits per heavy atom. The first kappa shape index (κ1) is 10.9. The van der Waals surface area contributed by atoms with Crippen molar-refractivity contribution in [2.75, 3.05) is 5.43 Å². The van der Waals surface area contributed by atoms with E-state index in [1.54, 1.807) is 6.07 Å². The predicted octanol–water partition coefficient (Wildman–Crippen LogP) is 1.84. The molecule has 0 atom stereocenters. The number of benzene rings is 2. The molecule has 2 aromatic carbocycles. The molecular weight excluding hydrogens is 218 g/mol. The van der Waals surface area contributed by atoms with Gasteiger partial charge in [-0.1, -0.05) is 30.3 Å². The second kappa shape index (κ2) is 4.48. The number of fused-ring (bicyclic) bond motifs is 1. The largest absolute Gasteiger partial charge is 0.369 e. The van der Waals surface area contributed by atoms with Gasteiger partial charge in [-0.05, 0) is 16.6 Å². The maximum Gasteiger partial charge on any atom is 0.208 e. The fourth-order valence-electron chi connectivity index (χ4n) is 1.57. The van der Waals surface area contributed by atoms with Crippen LogP contribution in [0.2, 0.25) is 0 Å². The minimum atomic E-state index is -0.116. The molecule has 86 valence electrons. The first-order valence-corrected chi connectivity index (χ1v) is 4.92. The molecule has 5 N–H and O–H groups in total. The van der Waals surface area contributed by atoms with Gasteiger partial charge >= 0.3 is 0 Å². The van der Waals surface area contributed by atoms with Gasteiger partial charge < -0.3 is 11.5 Å². The summed E-state index contributed by atoms with van der Waals surface area (Å²) in [4.78, 5) is 10.7. The van der Waals surface area contributed by atoms with Gasteiger partial charge in [0.2, 0.25) is 5.96 Å². The number of nitrogens with one attached hydrogen (secondary N) is 1. The van der Waals surface area contributed by atoms with Crippen LogP contribution in [0, 0.1) is 4.91 Å². The van der Waals surface area contributed by atoms with Crippen LogP contribution in [0.4, 0.5) is 11.4 Å². The maximum absolute atomic E-state index is 10.7. The molecule has 0 radical (unpaired) electrons. The summed E-state index contributed by atoms with van der Waals surface area (Å²) in [6.45, 7) is 0. The van der Waals surface area contributed by atoms with Gasteiger partial charge in [0.15, 0.2) is 0 Å². The molecule has 0 fully saturated rings. The smallest absolute Gasteiger partial charge is 0.208 e. The fraction of sp³-hybridized carbons (Fsp3) is 0.